The summed E-state index contributed by atoms with van der Waals surface area (Å²) in [6.45, 7) is 2.13. The minimum atomic E-state index is -0.494. The van der Waals surface area contributed by atoms with Crippen LogP contribution in [-0.4, -0.2) is 23.8 Å². The minimum absolute atomic E-state index is 0.108. The number of fused-ring (bicyclic) bond motifs is 1. The molecule has 0 radical (unpaired) electrons. The average Bonchev–Trinajstić information content (AvgIpc) is 2.37. The number of benzene rings is 1. The molecule has 2 aliphatic rings. The summed E-state index contributed by atoms with van der Waals surface area (Å²) in [7, 11) is 1.62. The van der Waals surface area contributed by atoms with Crippen LogP contribution in [0.1, 0.15) is 12.8 Å². The molecular formula is C16H17FN2O2. The first-order chi connectivity index (χ1) is 10.1. The molecule has 0 amide bonds. The highest BCUT2D eigenvalue weighted by Crippen LogP contribution is 2.46. The topological polar surface area (TPSA) is 43.3 Å². The van der Waals surface area contributed by atoms with Gasteiger partial charge < -0.3 is 14.6 Å². The summed E-state index contributed by atoms with van der Waals surface area (Å²) in [6.07, 6.45) is 3.88. The van der Waals surface area contributed by atoms with Gasteiger partial charge in [0.15, 0.2) is 0 Å². The fourth-order valence-electron chi connectivity index (χ4n) is 3.43. The molecule has 1 aliphatic carbocycles. The van der Waals surface area contributed by atoms with E-state index in [2.05, 4.69) is 5.32 Å². The second-order valence-electron chi connectivity index (χ2n) is 6.32. The molecule has 1 aromatic heterocycles. The van der Waals surface area contributed by atoms with Gasteiger partial charge in [-0.25, -0.2) is 4.39 Å². The van der Waals surface area contributed by atoms with E-state index in [4.69, 9.17) is 4.74 Å². The molecule has 4 rings (SSSR count). The van der Waals surface area contributed by atoms with Gasteiger partial charge in [0.2, 0.25) is 0 Å². The molecule has 5 heteroatoms. The maximum Gasteiger partial charge on any atom is 0.261 e. The molecule has 2 fully saturated rings. The SMILES string of the molecule is Cn1ccc2c(OC3CC4(CNC4)C3)ccc(F)c2c1=O. The first kappa shape index (κ1) is 12.8. The number of aromatic nitrogens is 1. The Balaban J connectivity index is 1.68. The lowest BCUT2D eigenvalue weighted by atomic mass is 9.63. The number of rotatable bonds is 2. The van der Waals surface area contributed by atoms with E-state index >= 15 is 0 Å². The van der Waals surface area contributed by atoms with Crippen molar-refractivity contribution in [2.45, 2.75) is 18.9 Å². The Labute approximate surface area is 121 Å². The average molecular weight is 288 g/mol. The molecule has 2 heterocycles. The van der Waals surface area contributed by atoms with Crippen LogP contribution in [0.25, 0.3) is 10.8 Å². The number of nitrogens with zero attached hydrogens (tertiary/aromatic N) is 1. The molecule has 1 aromatic carbocycles. The zero-order chi connectivity index (χ0) is 14.6. The second-order valence-corrected chi connectivity index (χ2v) is 6.32. The molecule has 21 heavy (non-hydrogen) atoms. The molecule has 0 bridgehead atoms. The zero-order valence-corrected chi connectivity index (χ0v) is 11.9. The van der Waals surface area contributed by atoms with Gasteiger partial charge in [-0.3, -0.25) is 4.79 Å². The number of pyridine rings is 1. The fraction of sp³-hybridized carbons (Fsp3) is 0.438. The molecule has 0 atom stereocenters. The van der Waals surface area contributed by atoms with Gasteiger partial charge in [0.25, 0.3) is 5.56 Å². The molecule has 0 unspecified atom stereocenters. The van der Waals surface area contributed by atoms with Gasteiger partial charge in [0.05, 0.1) is 11.5 Å². The van der Waals surface area contributed by atoms with E-state index in [1.54, 1.807) is 25.4 Å². The van der Waals surface area contributed by atoms with Crippen molar-refractivity contribution in [3.63, 3.8) is 0 Å². The quantitative estimate of drug-likeness (QED) is 0.916. The largest absolute Gasteiger partial charge is 0.490 e. The Bertz CT molecular complexity index is 772. The molecule has 1 spiro atoms. The van der Waals surface area contributed by atoms with Crippen LogP contribution in [0.3, 0.4) is 0 Å². The van der Waals surface area contributed by atoms with E-state index in [0.29, 0.717) is 16.6 Å². The molecule has 1 saturated carbocycles. The van der Waals surface area contributed by atoms with Gasteiger partial charge >= 0.3 is 0 Å². The van der Waals surface area contributed by atoms with Gasteiger partial charge in [0, 0.05) is 37.1 Å². The van der Waals surface area contributed by atoms with E-state index in [0.717, 1.165) is 25.9 Å². The summed E-state index contributed by atoms with van der Waals surface area (Å²) in [5, 5.41) is 3.96. The number of halogens is 1. The molecule has 1 N–H and O–H groups in total. The van der Waals surface area contributed by atoms with Crippen molar-refractivity contribution < 1.29 is 9.13 Å². The first-order valence-electron chi connectivity index (χ1n) is 7.23. The summed E-state index contributed by atoms with van der Waals surface area (Å²) in [6, 6.07) is 4.69. The molecule has 1 aliphatic heterocycles. The number of hydrogen-bond acceptors (Lipinski definition) is 3. The highest BCUT2D eigenvalue weighted by atomic mass is 19.1. The van der Waals surface area contributed by atoms with Crippen molar-refractivity contribution in [3.8, 4) is 5.75 Å². The van der Waals surface area contributed by atoms with Crippen molar-refractivity contribution in [2.75, 3.05) is 13.1 Å². The van der Waals surface area contributed by atoms with E-state index in [1.807, 2.05) is 0 Å². The van der Waals surface area contributed by atoms with Gasteiger partial charge in [0.1, 0.15) is 11.6 Å². The van der Waals surface area contributed by atoms with Crippen molar-refractivity contribution in [3.05, 3.63) is 40.6 Å². The first-order valence-corrected chi connectivity index (χ1v) is 7.23. The Kier molecular flexibility index (Phi) is 2.63. The van der Waals surface area contributed by atoms with Crippen LogP contribution in [0.5, 0.6) is 5.75 Å². The van der Waals surface area contributed by atoms with Gasteiger partial charge in [-0.2, -0.15) is 0 Å². The number of hydrogen-bond donors (Lipinski definition) is 1. The van der Waals surface area contributed by atoms with E-state index in [-0.39, 0.29) is 17.0 Å². The second kappa shape index (κ2) is 4.31. The van der Waals surface area contributed by atoms with Crippen LogP contribution in [0.4, 0.5) is 4.39 Å². The van der Waals surface area contributed by atoms with Crippen molar-refractivity contribution >= 4 is 10.8 Å². The Morgan fingerprint density at radius 3 is 2.76 bits per heavy atom. The summed E-state index contributed by atoms with van der Waals surface area (Å²) in [4.78, 5) is 12.1. The fourth-order valence-corrected chi connectivity index (χ4v) is 3.43. The normalized spacial score (nSPS) is 20.3. The van der Waals surface area contributed by atoms with Crippen LogP contribution in [0.15, 0.2) is 29.2 Å². The van der Waals surface area contributed by atoms with Crippen molar-refractivity contribution in [1.29, 1.82) is 0 Å². The predicted octanol–water partition coefficient (Wildman–Crippen LogP) is 1.81. The van der Waals surface area contributed by atoms with Crippen molar-refractivity contribution in [2.24, 2.45) is 12.5 Å². The molecular weight excluding hydrogens is 271 g/mol. The van der Waals surface area contributed by atoms with E-state index in [9.17, 15) is 9.18 Å². The molecule has 4 nitrogen and oxygen atoms in total. The Morgan fingerprint density at radius 2 is 2.10 bits per heavy atom. The van der Waals surface area contributed by atoms with Gasteiger partial charge in [-0.1, -0.05) is 0 Å². The molecule has 1 saturated heterocycles. The summed E-state index contributed by atoms with van der Waals surface area (Å²) in [5.74, 6) is 0.114. The highest BCUT2D eigenvalue weighted by Gasteiger charge is 2.49. The Morgan fingerprint density at radius 1 is 1.33 bits per heavy atom. The van der Waals surface area contributed by atoms with E-state index in [1.165, 1.54) is 10.6 Å². The summed E-state index contributed by atoms with van der Waals surface area (Å²) in [5.41, 5.74) is 0.0973. The van der Waals surface area contributed by atoms with Crippen molar-refractivity contribution in [1.82, 2.24) is 9.88 Å². The number of aryl methyl sites for hydroxylation is 1. The Hall–Kier alpha value is -1.88. The van der Waals surface area contributed by atoms with Crippen LogP contribution >= 0.6 is 0 Å². The lowest BCUT2D eigenvalue weighted by Gasteiger charge is -2.53. The smallest absolute Gasteiger partial charge is 0.261 e. The maximum atomic E-state index is 14.0. The van der Waals surface area contributed by atoms with Gasteiger partial charge in [-0.05, 0) is 31.0 Å². The number of nitrogens with one attached hydrogen (secondary N) is 1. The lowest BCUT2D eigenvalue weighted by molar-refractivity contribution is -0.0489. The summed E-state index contributed by atoms with van der Waals surface area (Å²) >= 11 is 0. The van der Waals surface area contributed by atoms with Gasteiger partial charge in [-0.15, -0.1) is 0 Å². The monoisotopic (exact) mass is 288 g/mol. The van der Waals surface area contributed by atoms with E-state index < -0.39 is 5.82 Å². The third-order valence-corrected chi connectivity index (χ3v) is 4.77. The highest BCUT2D eigenvalue weighted by molar-refractivity contribution is 5.88. The van der Waals surface area contributed by atoms with Crippen LogP contribution < -0.4 is 15.6 Å². The van der Waals surface area contributed by atoms with Crippen LogP contribution in [0.2, 0.25) is 0 Å². The number of ether oxygens (including phenoxy) is 1. The third-order valence-electron chi connectivity index (χ3n) is 4.77. The predicted molar refractivity (Wildman–Crippen MR) is 78.1 cm³/mol. The third kappa shape index (κ3) is 1.87. The standard InChI is InChI=1S/C16H17FN2O2/c1-19-5-4-11-13(3-2-12(17)14(11)15(19)20)21-10-6-16(7-10)8-18-9-16/h2-5,10,18H,6-9H2,1H3. The zero-order valence-electron chi connectivity index (χ0n) is 11.9. The molecule has 110 valence electrons. The van der Waals surface area contributed by atoms with Crippen LogP contribution in [0, 0.1) is 11.2 Å². The maximum absolute atomic E-state index is 14.0. The minimum Gasteiger partial charge on any atom is -0.490 e. The molecule has 2 aromatic rings. The summed E-state index contributed by atoms with van der Waals surface area (Å²) < 4.78 is 21.3. The van der Waals surface area contributed by atoms with Crippen LogP contribution in [-0.2, 0) is 7.05 Å². The lowest BCUT2D eigenvalue weighted by Crippen LogP contribution is -2.62.